The van der Waals surface area contributed by atoms with Crippen LogP contribution in [0.2, 0.25) is 5.02 Å². The van der Waals surface area contributed by atoms with Crippen molar-refractivity contribution in [3.8, 4) is 0 Å². The summed E-state index contributed by atoms with van der Waals surface area (Å²) in [5.74, 6) is -0.209. The zero-order valence-electron chi connectivity index (χ0n) is 10.9. The van der Waals surface area contributed by atoms with Crippen molar-refractivity contribution < 1.29 is 4.79 Å². The maximum Gasteiger partial charge on any atom is 0.275 e. The molecule has 0 bridgehead atoms. The van der Waals surface area contributed by atoms with Crippen LogP contribution in [-0.2, 0) is 4.79 Å². The number of aliphatic imine (C=N–C) groups is 1. The maximum absolute atomic E-state index is 12.1. The molecule has 102 valence electrons. The molecule has 0 unspecified atom stereocenters. The molecule has 0 radical (unpaired) electrons. The van der Waals surface area contributed by atoms with Gasteiger partial charge in [0.15, 0.2) is 0 Å². The lowest BCUT2D eigenvalue weighted by molar-refractivity contribution is -0.110. The van der Waals surface area contributed by atoms with Gasteiger partial charge in [0.2, 0.25) is 0 Å². The third-order valence-corrected chi connectivity index (χ3v) is 3.71. The van der Waals surface area contributed by atoms with E-state index in [1.165, 1.54) is 0 Å². The normalized spacial score (nSPS) is 15.5. The number of hydrogen-bond acceptors (Lipinski definition) is 2. The summed E-state index contributed by atoms with van der Waals surface area (Å²) in [5.41, 5.74) is 3.58. The van der Waals surface area contributed by atoms with Gasteiger partial charge >= 0.3 is 0 Å². The van der Waals surface area contributed by atoms with Crippen LogP contribution >= 0.6 is 11.6 Å². The van der Waals surface area contributed by atoms with E-state index in [0.29, 0.717) is 10.7 Å². The Morgan fingerprint density at radius 1 is 1.05 bits per heavy atom. The molecule has 1 aliphatic rings. The number of aromatic nitrogens is 1. The van der Waals surface area contributed by atoms with Crippen LogP contribution < -0.4 is 5.32 Å². The van der Waals surface area contributed by atoms with Crippen molar-refractivity contribution in [3.05, 3.63) is 59.2 Å². The predicted molar refractivity (Wildman–Crippen MR) is 84.6 cm³/mol. The first-order chi connectivity index (χ1) is 10.2. The molecule has 21 heavy (non-hydrogen) atoms. The third kappa shape index (κ3) is 2.00. The number of H-pyrrole nitrogens is 1. The molecule has 1 amide bonds. The van der Waals surface area contributed by atoms with Crippen LogP contribution in [0.1, 0.15) is 5.56 Å². The molecule has 0 saturated carbocycles. The van der Waals surface area contributed by atoms with Gasteiger partial charge in [-0.05, 0) is 41.8 Å². The van der Waals surface area contributed by atoms with Crippen LogP contribution in [0.25, 0.3) is 10.9 Å². The van der Waals surface area contributed by atoms with E-state index in [4.69, 9.17) is 11.6 Å². The number of carbonyl (C=O) groups excluding carboxylic acids is 1. The van der Waals surface area contributed by atoms with Gasteiger partial charge in [0.05, 0.1) is 11.4 Å². The number of rotatable bonds is 1. The molecule has 2 N–H and O–H groups in total. The second-order valence-electron chi connectivity index (χ2n) is 4.85. The average Bonchev–Trinajstić information content (AvgIpc) is 3.04. The molecule has 1 aromatic heterocycles. The first-order valence-electron chi connectivity index (χ1n) is 6.48. The van der Waals surface area contributed by atoms with Gasteiger partial charge in [0.1, 0.15) is 5.71 Å². The fraction of sp³-hybridized carbons (Fsp3) is 0. The van der Waals surface area contributed by atoms with Gasteiger partial charge in [-0.1, -0.05) is 17.7 Å². The van der Waals surface area contributed by atoms with Crippen molar-refractivity contribution in [2.45, 2.75) is 0 Å². The van der Waals surface area contributed by atoms with Crippen molar-refractivity contribution in [1.29, 1.82) is 0 Å². The minimum Gasteiger partial charge on any atom is -0.361 e. The number of nitrogens with zero attached hydrogens (tertiary/aromatic N) is 1. The van der Waals surface area contributed by atoms with Gasteiger partial charge in [0.25, 0.3) is 5.91 Å². The van der Waals surface area contributed by atoms with E-state index in [1.807, 2.05) is 30.5 Å². The summed E-state index contributed by atoms with van der Waals surface area (Å²) in [5, 5.41) is 4.48. The largest absolute Gasteiger partial charge is 0.361 e. The Labute approximate surface area is 125 Å². The number of aromatic amines is 1. The Hall–Kier alpha value is -2.59. The molecule has 1 aliphatic heterocycles. The first kappa shape index (κ1) is 12.2. The summed E-state index contributed by atoms with van der Waals surface area (Å²) in [7, 11) is 0. The van der Waals surface area contributed by atoms with E-state index in [2.05, 4.69) is 15.3 Å². The predicted octanol–water partition coefficient (Wildman–Crippen LogP) is 3.89. The second-order valence-corrected chi connectivity index (χ2v) is 5.29. The van der Waals surface area contributed by atoms with Crippen LogP contribution in [-0.4, -0.2) is 16.6 Å². The lowest BCUT2D eigenvalue weighted by atomic mass is 10.1. The van der Waals surface area contributed by atoms with Crippen molar-refractivity contribution in [3.63, 3.8) is 0 Å². The van der Waals surface area contributed by atoms with Crippen molar-refractivity contribution in [2.75, 3.05) is 5.32 Å². The quantitative estimate of drug-likeness (QED) is 0.703. The molecule has 4 nitrogen and oxygen atoms in total. The van der Waals surface area contributed by atoms with Gasteiger partial charge in [-0.25, -0.2) is 4.99 Å². The maximum atomic E-state index is 12.1. The van der Waals surface area contributed by atoms with Crippen molar-refractivity contribution >= 4 is 45.5 Å². The third-order valence-electron chi connectivity index (χ3n) is 3.48. The number of carbonyl (C=O) groups is 1. The van der Waals surface area contributed by atoms with Crippen LogP contribution in [0.15, 0.2) is 53.7 Å². The van der Waals surface area contributed by atoms with E-state index in [0.717, 1.165) is 27.8 Å². The Balaban J connectivity index is 1.85. The number of hydrogen-bond donors (Lipinski definition) is 2. The minimum atomic E-state index is -0.209. The summed E-state index contributed by atoms with van der Waals surface area (Å²) in [6.07, 6.45) is 1.87. The Morgan fingerprint density at radius 2 is 1.95 bits per heavy atom. The SMILES string of the molecule is O=C1Nc2ccc(Cl)cc2C1=Nc1ccc2cc[nH]c2c1. The van der Waals surface area contributed by atoms with Gasteiger partial charge in [0, 0.05) is 22.3 Å². The van der Waals surface area contributed by atoms with Crippen LogP contribution in [0.4, 0.5) is 11.4 Å². The van der Waals surface area contributed by atoms with Gasteiger partial charge < -0.3 is 10.3 Å². The highest BCUT2D eigenvalue weighted by molar-refractivity contribution is 6.54. The Kier molecular flexibility index (Phi) is 2.59. The Bertz CT molecular complexity index is 911. The van der Waals surface area contributed by atoms with E-state index in [9.17, 15) is 4.79 Å². The molecule has 0 spiro atoms. The van der Waals surface area contributed by atoms with Crippen molar-refractivity contribution in [1.82, 2.24) is 4.98 Å². The Morgan fingerprint density at radius 3 is 2.86 bits per heavy atom. The lowest BCUT2D eigenvalue weighted by Gasteiger charge is -1.99. The summed E-state index contributed by atoms with van der Waals surface area (Å²) in [6.45, 7) is 0. The van der Waals surface area contributed by atoms with E-state index >= 15 is 0 Å². The van der Waals surface area contributed by atoms with E-state index < -0.39 is 0 Å². The fourth-order valence-electron chi connectivity index (χ4n) is 2.47. The highest BCUT2D eigenvalue weighted by atomic mass is 35.5. The molecule has 2 aromatic carbocycles. The highest BCUT2D eigenvalue weighted by Crippen LogP contribution is 2.29. The van der Waals surface area contributed by atoms with E-state index in [-0.39, 0.29) is 5.91 Å². The second kappa shape index (κ2) is 4.46. The highest BCUT2D eigenvalue weighted by Gasteiger charge is 2.26. The molecule has 0 fully saturated rings. The standard InChI is InChI=1S/C16H10ClN3O/c17-10-2-4-13-12(7-10)15(16(21)20-13)19-11-3-1-9-5-6-18-14(9)8-11/h1-8,18H,(H,19,20,21). The molecule has 3 aromatic rings. The minimum absolute atomic E-state index is 0.209. The number of anilines is 1. The van der Waals surface area contributed by atoms with Crippen molar-refractivity contribution in [2.24, 2.45) is 4.99 Å². The zero-order valence-corrected chi connectivity index (χ0v) is 11.6. The first-order valence-corrected chi connectivity index (χ1v) is 6.86. The molecule has 0 atom stereocenters. The monoisotopic (exact) mass is 295 g/mol. The molecular formula is C16H10ClN3O. The summed E-state index contributed by atoms with van der Waals surface area (Å²) in [4.78, 5) is 19.7. The zero-order chi connectivity index (χ0) is 14.4. The van der Waals surface area contributed by atoms with E-state index in [1.54, 1.807) is 18.2 Å². The summed E-state index contributed by atoms with van der Waals surface area (Å²) >= 11 is 6.00. The van der Waals surface area contributed by atoms with Crippen LogP contribution in [0.3, 0.4) is 0 Å². The van der Waals surface area contributed by atoms with Crippen LogP contribution in [0.5, 0.6) is 0 Å². The van der Waals surface area contributed by atoms with Gasteiger partial charge in [-0.15, -0.1) is 0 Å². The molecule has 5 heteroatoms. The lowest BCUT2D eigenvalue weighted by Crippen LogP contribution is -2.13. The molecule has 2 heterocycles. The fourth-order valence-corrected chi connectivity index (χ4v) is 2.64. The smallest absolute Gasteiger partial charge is 0.275 e. The van der Waals surface area contributed by atoms with Crippen LogP contribution in [0, 0.1) is 0 Å². The molecule has 0 saturated heterocycles. The topological polar surface area (TPSA) is 57.2 Å². The van der Waals surface area contributed by atoms with Gasteiger partial charge in [-0.2, -0.15) is 0 Å². The van der Waals surface area contributed by atoms with Gasteiger partial charge in [-0.3, -0.25) is 4.79 Å². The summed E-state index contributed by atoms with van der Waals surface area (Å²) in [6, 6.07) is 13.0. The number of nitrogens with one attached hydrogen (secondary N) is 2. The summed E-state index contributed by atoms with van der Waals surface area (Å²) < 4.78 is 0. The molecule has 0 aliphatic carbocycles. The number of benzene rings is 2. The molecular weight excluding hydrogens is 286 g/mol. The molecule has 4 rings (SSSR count). The average molecular weight is 296 g/mol. The number of halogens is 1. The number of fused-ring (bicyclic) bond motifs is 2. The number of amides is 1.